The van der Waals surface area contributed by atoms with Crippen LogP contribution in [-0.4, -0.2) is 63.1 Å². The number of para-hydroxylation sites is 1. The lowest BCUT2D eigenvalue weighted by Crippen LogP contribution is -2.52. The Labute approximate surface area is 184 Å². The summed E-state index contributed by atoms with van der Waals surface area (Å²) >= 11 is 0. The number of carbonyl (C=O) groups excluding carboxylic acids is 1. The first-order valence-corrected chi connectivity index (χ1v) is 13.2. The Morgan fingerprint density at radius 3 is 2.61 bits per heavy atom. The first-order chi connectivity index (χ1) is 14.9. The highest BCUT2D eigenvalue weighted by Gasteiger charge is 2.34. The van der Waals surface area contributed by atoms with E-state index in [0.717, 1.165) is 37.7 Å². The molecular formula is C23H32N2O5S. The Morgan fingerprint density at radius 2 is 1.84 bits per heavy atom. The van der Waals surface area contributed by atoms with Gasteiger partial charge in [-0.3, -0.25) is 4.79 Å². The Hall–Kier alpha value is -1.93. The van der Waals surface area contributed by atoms with Gasteiger partial charge in [-0.2, -0.15) is 4.40 Å². The number of fused-ring (bicyclic) bond motifs is 7. The molecule has 0 radical (unpaired) electrons. The van der Waals surface area contributed by atoms with E-state index in [9.17, 15) is 13.2 Å². The van der Waals surface area contributed by atoms with Crippen LogP contribution in [0.25, 0.3) is 0 Å². The summed E-state index contributed by atoms with van der Waals surface area (Å²) in [7, 11) is -3.53. The van der Waals surface area contributed by atoms with Gasteiger partial charge in [0.15, 0.2) is 0 Å². The molecule has 1 saturated heterocycles. The molecule has 3 heterocycles. The fourth-order valence-corrected chi connectivity index (χ4v) is 5.64. The van der Waals surface area contributed by atoms with Crippen LogP contribution < -0.4 is 4.74 Å². The first-order valence-electron chi connectivity index (χ1n) is 11.3. The number of sulfonamides is 1. The van der Waals surface area contributed by atoms with E-state index in [1.54, 1.807) is 4.90 Å². The van der Waals surface area contributed by atoms with E-state index in [4.69, 9.17) is 9.47 Å². The van der Waals surface area contributed by atoms with Crippen LogP contribution >= 0.6 is 0 Å². The molecule has 1 aromatic carbocycles. The van der Waals surface area contributed by atoms with Gasteiger partial charge in [-0.25, -0.2) is 8.42 Å². The summed E-state index contributed by atoms with van der Waals surface area (Å²) in [6.45, 7) is 1.39. The summed E-state index contributed by atoms with van der Waals surface area (Å²) < 4.78 is 40.0. The third kappa shape index (κ3) is 5.66. The third-order valence-electron chi connectivity index (χ3n) is 6.51. The standard InChI is InChI=1S/C23H32N2O5S/c1-31(27,28)24-20-7-4-14-25-21(20)16-30-18-12-10-17(11-13-18)19-6-2-3-8-22(19)29-15-5-9-23(25)26/h2-3,6,8,17-18,21H,4-5,7,9-16H2,1H3/b24-20+. The Kier molecular flexibility index (Phi) is 6.96. The van der Waals surface area contributed by atoms with Gasteiger partial charge in [0.05, 0.1) is 37.3 Å². The minimum absolute atomic E-state index is 0.00514. The molecule has 1 aliphatic carbocycles. The number of amides is 1. The van der Waals surface area contributed by atoms with Gasteiger partial charge in [0.2, 0.25) is 15.9 Å². The van der Waals surface area contributed by atoms with Crippen LogP contribution in [0.1, 0.15) is 62.8 Å². The Morgan fingerprint density at radius 1 is 1.06 bits per heavy atom. The molecule has 1 atom stereocenters. The fourth-order valence-electron chi connectivity index (χ4n) is 5.00. The molecule has 0 spiro atoms. The van der Waals surface area contributed by atoms with Crippen molar-refractivity contribution in [1.29, 1.82) is 0 Å². The SMILES string of the molecule is CS(=O)(=O)/N=C1\CCCN2C(=O)CCCOc3ccccc3C3CCC(CC3)OCC12. The first kappa shape index (κ1) is 22.3. The second-order valence-corrected chi connectivity index (χ2v) is 10.5. The van der Waals surface area contributed by atoms with Crippen molar-refractivity contribution >= 4 is 21.6 Å². The van der Waals surface area contributed by atoms with Gasteiger partial charge in [-0.1, -0.05) is 18.2 Å². The van der Waals surface area contributed by atoms with Crippen molar-refractivity contribution in [3.8, 4) is 5.75 Å². The molecule has 170 valence electrons. The van der Waals surface area contributed by atoms with E-state index < -0.39 is 16.1 Å². The van der Waals surface area contributed by atoms with Crippen molar-refractivity contribution in [2.45, 2.75) is 69.4 Å². The predicted octanol–water partition coefficient (Wildman–Crippen LogP) is 3.29. The van der Waals surface area contributed by atoms with Gasteiger partial charge in [-0.15, -0.1) is 0 Å². The molecule has 1 amide bonds. The van der Waals surface area contributed by atoms with Crippen LogP contribution in [0.4, 0.5) is 0 Å². The molecule has 31 heavy (non-hydrogen) atoms. The Bertz CT molecular complexity index is 922. The van der Waals surface area contributed by atoms with Crippen LogP contribution in [0.3, 0.4) is 0 Å². The summed E-state index contributed by atoms with van der Waals surface area (Å²) in [5.74, 6) is 1.38. The average Bonchev–Trinajstić information content (AvgIpc) is 2.75. The van der Waals surface area contributed by atoms with E-state index in [0.29, 0.717) is 57.1 Å². The van der Waals surface area contributed by atoms with Crippen LogP contribution in [-0.2, 0) is 19.6 Å². The van der Waals surface area contributed by atoms with Gasteiger partial charge < -0.3 is 14.4 Å². The van der Waals surface area contributed by atoms with E-state index in [1.165, 1.54) is 5.56 Å². The van der Waals surface area contributed by atoms with Gasteiger partial charge in [0.25, 0.3) is 0 Å². The van der Waals surface area contributed by atoms with Crippen LogP contribution in [0.5, 0.6) is 5.75 Å². The van der Waals surface area contributed by atoms with Crippen LogP contribution in [0, 0.1) is 0 Å². The summed E-state index contributed by atoms with van der Waals surface area (Å²) in [6, 6.07) is 7.82. The summed E-state index contributed by atoms with van der Waals surface area (Å²) in [5, 5.41) is 0. The zero-order valence-electron chi connectivity index (χ0n) is 18.2. The maximum absolute atomic E-state index is 13.0. The number of hydrogen-bond acceptors (Lipinski definition) is 5. The number of nitrogens with zero attached hydrogens (tertiary/aromatic N) is 2. The van der Waals surface area contributed by atoms with Crippen molar-refractivity contribution in [3.05, 3.63) is 29.8 Å². The second kappa shape index (κ2) is 9.69. The van der Waals surface area contributed by atoms with Crippen molar-refractivity contribution in [1.82, 2.24) is 4.90 Å². The molecule has 1 saturated carbocycles. The number of carbonyl (C=O) groups is 1. The number of hydrogen-bond donors (Lipinski definition) is 0. The number of ether oxygens (including phenoxy) is 2. The van der Waals surface area contributed by atoms with E-state index in [-0.39, 0.29) is 12.0 Å². The average molecular weight is 449 g/mol. The Balaban J connectivity index is 1.57. The topological polar surface area (TPSA) is 85.3 Å². The third-order valence-corrected chi connectivity index (χ3v) is 7.08. The molecule has 8 heteroatoms. The smallest absolute Gasteiger partial charge is 0.250 e. The van der Waals surface area contributed by atoms with Gasteiger partial charge in [0, 0.05) is 13.0 Å². The van der Waals surface area contributed by atoms with Crippen molar-refractivity contribution in [2.75, 3.05) is 26.0 Å². The monoisotopic (exact) mass is 448 g/mol. The number of benzene rings is 1. The fraction of sp³-hybridized carbons (Fsp3) is 0.652. The molecule has 3 aliphatic heterocycles. The normalized spacial score (nSPS) is 29.5. The van der Waals surface area contributed by atoms with Gasteiger partial charge in [-0.05, 0) is 62.5 Å². The highest BCUT2D eigenvalue weighted by Crippen LogP contribution is 2.38. The lowest BCUT2D eigenvalue weighted by atomic mass is 9.82. The molecule has 7 nitrogen and oxygen atoms in total. The van der Waals surface area contributed by atoms with E-state index in [1.807, 2.05) is 12.1 Å². The molecule has 0 N–H and O–H groups in total. The molecule has 4 aliphatic rings. The predicted molar refractivity (Wildman–Crippen MR) is 119 cm³/mol. The summed E-state index contributed by atoms with van der Waals surface area (Å²) in [6.07, 6.45) is 7.43. The molecule has 2 fully saturated rings. The zero-order valence-corrected chi connectivity index (χ0v) is 19.0. The number of piperidine rings is 1. The molecule has 2 bridgehead atoms. The quantitative estimate of drug-likeness (QED) is 0.658. The minimum Gasteiger partial charge on any atom is -0.493 e. The van der Waals surface area contributed by atoms with Gasteiger partial charge in [0.1, 0.15) is 5.75 Å². The molecule has 1 unspecified atom stereocenters. The highest BCUT2D eigenvalue weighted by atomic mass is 32.2. The highest BCUT2D eigenvalue weighted by molar-refractivity contribution is 7.89. The second-order valence-electron chi connectivity index (χ2n) is 8.82. The van der Waals surface area contributed by atoms with Crippen molar-refractivity contribution in [3.63, 3.8) is 0 Å². The van der Waals surface area contributed by atoms with E-state index >= 15 is 0 Å². The van der Waals surface area contributed by atoms with Crippen LogP contribution in [0.2, 0.25) is 0 Å². The molecule has 5 rings (SSSR count). The van der Waals surface area contributed by atoms with Crippen molar-refractivity contribution in [2.24, 2.45) is 4.40 Å². The maximum Gasteiger partial charge on any atom is 0.250 e. The molecular weight excluding hydrogens is 416 g/mol. The largest absolute Gasteiger partial charge is 0.493 e. The number of rotatable bonds is 1. The molecule has 0 aromatic heterocycles. The lowest BCUT2D eigenvalue weighted by Gasteiger charge is -2.38. The van der Waals surface area contributed by atoms with E-state index in [2.05, 4.69) is 16.5 Å². The zero-order chi connectivity index (χ0) is 21.8. The summed E-state index contributed by atoms with van der Waals surface area (Å²) in [5.41, 5.74) is 1.80. The summed E-state index contributed by atoms with van der Waals surface area (Å²) in [4.78, 5) is 14.8. The minimum atomic E-state index is -3.53. The molecule has 1 aromatic rings. The maximum atomic E-state index is 13.0. The van der Waals surface area contributed by atoms with Gasteiger partial charge >= 0.3 is 0 Å². The van der Waals surface area contributed by atoms with Crippen molar-refractivity contribution < 1.29 is 22.7 Å². The van der Waals surface area contributed by atoms with Crippen LogP contribution in [0.15, 0.2) is 28.7 Å². The lowest BCUT2D eigenvalue weighted by molar-refractivity contribution is -0.134.